The van der Waals surface area contributed by atoms with Crippen molar-refractivity contribution in [2.45, 2.75) is 84.7 Å². The Kier molecular flexibility index (Phi) is 9.67. The molecular weight excluding hydrogens is 502 g/mol. The van der Waals surface area contributed by atoms with Gasteiger partial charge in [-0.3, -0.25) is 19.3 Å². The summed E-state index contributed by atoms with van der Waals surface area (Å²) in [5.41, 5.74) is 4.98. The molecule has 0 radical (unpaired) electrons. The van der Waals surface area contributed by atoms with E-state index in [1.165, 1.54) is 0 Å². The Bertz CT molecular complexity index is 1220. The number of amides is 1. The van der Waals surface area contributed by atoms with Gasteiger partial charge in [0.2, 0.25) is 0 Å². The van der Waals surface area contributed by atoms with E-state index < -0.39 is 5.54 Å². The van der Waals surface area contributed by atoms with Crippen LogP contribution in [0.1, 0.15) is 82.6 Å². The molecule has 0 saturated carbocycles. The summed E-state index contributed by atoms with van der Waals surface area (Å²) < 4.78 is 5.34. The number of likely N-dealkylation sites (tertiary alicyclic amines) is 1. The van der Waals surface area contributed by atoms with Crippen LogP contribution in [-0.4, -0.2) is 66.9 Å². The minimum Gasteiger partial charge on any atom is -0.465 e. The number of fused-ring (bicyclic) bond motifs is 1. The topological polar surface area (TPSA) is 79.0 Å². The highest BCUT2D eigenvalue weighted by Crippen LogP contribution is 2.32. The second-order valence-corrected chi connectivity index (χ2v) is 11.6. The number of hydrogen-bond donors (Lipinski definition) is 1. The molecule has 0 spiro atoms. The first-order valence-electron chi connectivity index (χ1n) is 14.8. The number of ketones is 1. The fourth-order valence-electron chi connectivity index (χ4n) is 6.30. The van der Waals surface area contributed by atoms with Gasteiger partial charge < -0.3 is 15.0 Å². The van der Waals surface area contributed by atoms with E-state index in [2.05, 4.69) is 46.3 Å². The van der Waals surface area contributed by atoms with Crippen molar-refractivity contribution >= 4 is 23.3 Å². The third-order valence-corrected chi connectivity index (χ3v) is 8.60. The SMILES string of the molecule is CCOC(=O)C(C)(C)N1CCC(N(CC)c2cccc3c2C/C=C/CCC2=C(CNC3=O)C(=O)CC(C)=C2)CC1. The summed E-state index contributed by atoms with van der Waals surface area (Å²) in [6, 6.07) is 6.30. The molecule has 3 aliphatic rings. The van der Waals surface area contributed by atoms with Gasteiger partial charge in [0.1, 0.15) is 5.54 Å². The molecule has 40 heavy (non-hydrogen) atoms. The number of benzene rings is 1. The number of hydrogen-bond acceptors (Lipinski definition) is 6. The Morgan fingerprint density at radius 2 is 1.90 bits per heavy atom. The molecule has 2 heterocycles. The molecule has 7 heteroatoms. The van der Waals surface area contributed by atoms with Crippen LogP contribution in [0, 0.1) is 0 Å². The van der Waals surface area contributed by atoms with Crippen molar-refractivity contribution in [3.8, 4) is 0 Å². The zero-order valence-corrected chi connectivity index (χ0v) is 24.8. The van der Waals surface area contributed by atoms with Crippen LogP contribution in [0.3, 0.4) is 0 Å². The van der Waals surface area contributed by atoms with Gasteiger partial charge in [-0.15, -0.1) is 0 Å². The Morgan fingerprint density at radius 3 is 2.60 bits per heavy atom. The molecule has 0 bridgehead atoms. The Morgan fingerprint density at radius 1 is 1.15 bits per heavy atom. The number of carbonyl (C=O) groups excluding carboxylic acids is 3. The molecule has 2 aliphatic heterocycles. The highest BCUT2D eigenvalue weighted by atomic mass is 16.5. The van der Waals surface area contributed by atoms with E-state index in [0.29, 0.717) is 31.1 Å². The highest BCUT2D eigenvalue weighted by Gasteiger charge is 2.39. The van der Waals surface area contributed by atoms with Gasteiger partial charge in [0, 0.05) is 55.5 Å². The first-order valence-corrected chi connectivity index (χ1v) is 14.8. The van der Waals surface area contributed by atoms with Crippen molar-refractivity contribution in [2.24, 2.45) is 0 Å². The normalized spacial score (nSPS) is 20.4. The minimum atomic E-state index is -0.652. The number of piperidine rings is 1. The highest BCUT2D eigenvalue weighted by molar-refractivity contribution is 6.02. The summed E-state index contributed by atoms with van der Waals surface area (Å²) in [7, 11) is 0. The van der Waals surface area contributed by atoms with Gasteiger partial charge in [-0.05, 0) is 90.0 Å². The molecule has 0 unspecified atom stereocenters. The number of Topliss-reactive ketones (excluding diaryl/α,β-unsaturated/α-hetero) is 1. The van der Waals surface area contributed by atoms with Crippen LogP contribution in [0.2, 0.25) is 0 Å². The van der Waals surface area contributed by atoms with Crippen LogP contribution in [0.15, 0.2) is 53.1 Å². The van der Waals surface area contributed by atoms with E-state index in [1.54, 1.807) is 0 Å². The number of nitrogens with one attached hydrogen (secondary N) is 1. The maximum Gasteiger partial charge on any atom is 0.325 e. The molecule has 216 valence electrons. The van der Waals surface area contributed by atoms with Gasteiger partial charge in [-0.25, -0.2) is 0 Å². The van der Waals surface area contributed by atoms with Crippen LogP contribution in [-0.2, 0) is 20.7 Å². The molecule has 1 aromatic rings. The standard InChI is InChI=1S/C33H45N3O4/c1-6-36(25-16-18-35(19-17-25)33(4,5)32(39)40-7-2)29-15-11-14-27-26(29)13-10-8-9-12-24-20-23(3)21-30(37)28(24)22-34-31(27)38/h8,10-11,14-15,20,25H,6-7,9,12-13,16-19,21-22H2,1-5H3,(H,34,38)/b10-8+. The Hall–Kier alpha value is -3.19. The van der Waals surface area contributed by atoms with Crippen molar-refractivity contribution in [3.05, 3.63) is 64.3 Å². The van der Waals surface area contributed by atoms with Gasteiger partial charge in [0.05, 0.1) is 6.61 Å². The molecular formula is C33H45N3O4. The number of esters is 1. The molecule has 1 fully saturated rings. The van der Waals surface area contributed by atoms with E-state index >= 15 is 0 Å². The van der Waals surface area contributed by atoms with Crippen molar-refractivity contribution < 1.29 is 19.1 Å². The van der Waals surface area contributed by atoms with E-state index in [1.807, 2.05) is 39.8 Å². The number of allylic oxidation sites excluding steroid dienone is 5. The van der Waals surface area contributed by atoms with Gasteiger partial charge in [-0.2, -0.15) is 0 Å². The van der Waals surface area contributed by atoms with Gasteiger partial charge in [-0.1, -0.05) is 29.9 Å². The lowest BCUT2D eigenvalue weighted by molar-refractivity contribution is -0.156. The zero-order chi connectivity index (χ0) is 28.9. The second kappa shape index (κ2) is 13.0. The van der Waals surface area contributed by atoms with E-state index in [0.717, 1.165) is 73.3 Å². The lowest BCUT2D eigenvalue weighted by Gasteiger charge is -2.44. The van der Waals surface area contributed by atoms with Crippen LogP contribution in [0.4, 0.5) is 5.69 Å². The molecule has 1 aromatic carbocycles. The number of ether oxygens (including phenoxy) is 1. The summed E-state index contributed by atoms with van der Waals surface area (Å²) in [5, 5.41) is 3.07. The predicted molar refractivity (Wildman–Crippen MR) is 160 cm³/mol. The second-order valence-electron chi connectivity index (χ2n) is 11.6. The van der Waals surface area contributed by atoms with E-state index in [-0.39, 0.29) is 24.2 Å². The van der Waals surface area contributed by atoms with Crippen LogP contribution >= 0.6 is 0 Å². The quantitative estimate of drug-likeness (QED) is 0.392. The maximum atomic E-state index is 13.5. The maximum absolute atomic E-state index is 13.5. The first-order chi connectivity index (χ1) is 19.2. The monoisotopic (exact) mass is 547 g/mol. The molecule has 0 atom stereocenters. The minimum absolute atomic E-state index is 0.111. The summed E-state index contributed by atoms with van der Waals surface area (Å²) in [6.45, 7) is 13.0. The van der Waals surface area contributed by atoms with Crippen LogP contribution in [0.25, 0.3) is 0 Å². The molecule has 4 rings (SSSR count). The van der Waals surface area contributed by atoms with Gasteiger partial charge in [0.15, 0.2) is 5.78 Å². The van der Waals surface area contributed by atoms with E-state index in [9.17, 15) is 14.4 Å². The fourth-order valence-corrected chi connectivity index (χ4v) is 6.30. The molecule has 0 aromatic heterocycles. The molecule has 1 amide bonds. The smallest absolute Gasteiger partial charge is 0.325 e. The van der Waals surface area contributed by atoms with E-state index in [4.69, 9.17) is 4.74 Å². The molecule has 1 N–H and O–H groups in total. The molecule has 1 aliphatic carbocycles. The summed E-state index contributed by atoms with van der Waals surface area (Å²) in [6.07, 6.45) is 11.1. The Balaban J connectivity index is 1.57. The predicted octanol–water partition coefficient (Wildman–Crippen LogP) is 5.16. The zero-order valence-electron chi connectivity index (χ0n) is 24.8. The molecule has 7 nitrogen and oxygen atoms in total. The lowest BCUT2D eigenvalue weighted by atomic mass is 9.89. The number of nitrogens with zero attached hydrogens (tertiary/aromatic N) is 2. The van der Waals surface area contributed by atoms with Gasteiger partial charge in [0.25, 0.3) is 5.91 Å². The average molecular weight is 548 g/mol. The number of anilines is 1. The van der Waals surface area contributed by atoms with Crippen molar-refractivity contribution in [3.63, 3.8) is 0 Å². The summed E-state index contributed by atoms with van der Waals surface area (Å²) in [4.78, 5) is 43.6. The fraction of sp³-hybridized carbons (Fsp3) is 0.545. The largest absolute Gasteiger partial charge is 0.465 e. The first kappa shape index (κ1) is 29.8. The molecule has 1 saturated heterocycles. The third-order valence-electron chi connectivity index (χ3n) is 8.60. The summed E-state index contributed by atoms with van der Waals surface area (Å²) >= 11 is 0. The number of carbonyl (C=O) groups is 3. The van der Waals surface area contributed by atoms with Gasteiger partial charge >= 0.3 is 5.97 Å². The Labute approximate surface area is 239 Å². The lowest BCUT2D eigenvalue weighted by Crippen LogP contribution is -2.56. The average Bonchev–Trinajstić information content (AvgIpc) is 2.92. The van der Waals surface area contributed by atoms with Crippen molar-refractivity contribution in [2.75, 3.05) is 37.7 Å². The van der Waals surface area contributed by atoms with Crippen molar-refractivity contribution in [1.29, 1.82) is 0 Å². The summed E-state index contributed by atoms with van der Waals surface area (Å²) in [5.74, 6) is -0.204. The third kappa shape index (κ3) is 6.41. The van der Waals surface area contributed by atoms with Crippen LogP contribution in [0.5, 0.6) is 0 Å². The number of rotatable bonds is 6. The van der Waals surface area contributed by atoms with Crippen LogP contribution < -0.4 is 10.2 Å². The van der Waals surface area contributed by atoms with Crippen molar-refractivity contribution in [1.82, 2.24) is 10.2 Å².